The zero-order valence-electron chi connectivity index (χ0n) is 13.3. The quantitative estimate of drug-likeness (QED) is 0.526. The molecule has 2 heterocycles. The molecular weight excluding hydrogens is 338 g/mol. The minimum atomic E-state index is -0.578. The number of aromatic nitrogens is 1. The first-order chi connectivity index (χ1) is 12.0. The molecule has 4 rings (SSSR count). The molecule has 0 aliphatic heterocycles. The molecule has 2 aromatic carbocycles. The molecule has 4 aromatic rings. The Hall–Kier alpha value is -2.98. The van der Waals surface area contributed by atoms with E-state index in [4.69, 9.17) is 16.0 Å². The lowest BCUT2D eigenvalue weighted by atomic mass is 9.99. The van der Waals surface area contributed by atoms with Crippen LogP contribution in [0.15, 0.2) is 63.8 Å². The predicted molar refractivity (Wildman–Crippen MR) is 99.1 cm³/mol. The van der Waals surface area contributed by atoms with Crippen molar-refractivity contribution in [1.82, 2.24) is 4.98 Å². The Morgan fingerprint density at radius 1 is 1.04 bits per heavy atom. The van der Waals surface area contributed by atoms with E-state index in [-0.39, 0.29) is 11.3 Å². The largest absolute Gasteiger partial charge is 0.507 e. The van der Waals surface area contributed by atoms with Gasteiger partial charge in [0.1, 0.15) is 17.1 Å². The second-order valence-corrected chi connectivity index (χ2v) is 6.27. The van der Waals surface area contributed by atoms with Crippen LogP contribution >= 0.6 is 11.6 Å². The van der Waals surface area contributed by atoms with E-state index in [1.54, 1.807) is 19.1 Å². The van der Waals surface area contributed by atoms with Crippen LogP contribution in [0.2, 0.25) is 5.02 Å². The smallest absolute Gasteiger partial charge is 0.347 e. The van der Waals surface area contributed by atoms with Crippen molar-refractivity contribution >= 4 is 22.5 Å². The first-order valence-electron chi connectivity index (χ1n) is 7.75. The topological polar surface area (TPSA) is 66.2 Å². The highest BCUT2D eigenvalue weighted by molar-refractivity contribution is 6.31. The molecule has 2 aromatic heterocycles. The van der Waals surface area contributed by atoms with Crippen molar-refractivity contribution in [1.29, 1.82) is 0 Å². The second-order valence-electron chi connectivity index (χ2n) is 5.84. The number of fused-ring (bicyclic) bond motifs is 1. The molecular formula is C20H14ClNO3. The number of halogens is 1. The fraction of sp³-hybridized carbons (Fsp3) is 0.0500. The molecule has 2 N–H and O–H groups in total. The van der Waals surface area contributed by atoms with Gasteiger partial charge in [0.2, 0.25) is 0 Å². The Bertz CT molecular complexity index is 1140. The van der Waals surface area contributed by atoms with E-state index in [9.17, 15) is 9.90 Å². The third-order valence-electron chi connectivity index (χ3n) is 4.13. The van der Waals surface area contributed by atoms with E-state index >= 15 is 0 Å². The highest BCUT2D eigenvalue weighted by Gasteiger charge is 2.22. The van der Waals surface area contributed by atoms with Crippen LogP contribution in [-0.2, 0) is 0 Å². The summed E-state index contributed by atoms with van der Waals surface area (Å²) >= 11 is 6.11. The summed E-state index contributed by atoms with van der Waals surface area (Å²) in [4.78, 5) is 15.8. The Labute approximate surface area is 148 Å². The number of nitrogens with one attached hydrogen (secondary N) is 1. The molecule has 4 nitrogen and oxygen atoms in total. The molecule has 0 aliphatic carbocycles. The monoisotopic (exact) mass is 351 g/mol. The minimum Gasteiger partial charge on any atom is -0.507 e. The van der Waals surface area contributed by atoms with Crippen molar-refractivity contribution < 1.29 is 9.52 Å². The molecule has 0 unspecified atom stereocenters. The van der Waals surface area contributed by atoms with E-state index in [1.165, 1.54) is 6.07 Å². The van der Waals surface area contributed by atoms with E-state index in [1.807, 2.05) is 36.4 Å². The zero-order valence-corrected chi connectivity index (χ0v) is 14.1. The van der Waals surface area contributed by atoms with Crippen LogP contribution in [0.25, 0.3) is 33.3 Å². The lowest BCUT2D eigenvalue weighted by Gasteiger charge is -2.07. The van der Waals surface area contributed by atoms with Crippen LogP contribution in [0.4, 0.5) is 0 Å². The first-order valence-corrected chi connectivity index (χ1v) is 8.13. The van der Waals surface area contributed by atoms with E-state index in [2.05, 4.69) is 4.98 Å². The normalized spacial score (nSPS) is 11.1. The van der Waals surface area contributed by atoms with Crippen LogP contribution in [0.5, 0.6) is 5.75 Å². The minimum absolute atomic E-state index is 0.109. The summed E-state index contributed by atoms with van der Waals surface area (Å²) in [6.45, 7) is 1.62. The molecule has 124 valence electrons. The molecule has 0 spiro atoms. The average molecular weight is 352 g/mol. The number of aromatic hydroxyl groups is 1. The van der Waals surface area contributed by atoms with Crippen molar-refractivity contribution in [3.05, 3.63) is 75.8 Å². The van der Waals surface area contributed by atoms with Crippen LogP contribution in [-0.4, -0.2) is 10.1 Å². The maximum Gasteiger partial charge on any atom is 0.347 e. The number of hydrogen-bond donors (Lipinski definition) is 2. The Morgan fingerprint density at radius 2 is 1.80 bits per heavy atom. The van der Waals surface area contributed by atoms with Gasteiger partial charge in [0.25, 0.3) is 0 Å². The number of H-pyrrole nitrogens is 1. The third kappa shape index (κ3) is 2.61. The van der Waals surface area contributed by atoms with Crippen molar-refractivity contribution in [3.8, 4) is 28.1 Å². The molecule has 0 saturated heterocycles. The third-order valence-corrected chi connectivity index (χ3v) is 4.36. The van der Waals surface area contributed by atoms with Gasteiger partial charge in [0.05, 0.1) is 5.69 Å². The maximum absolute atomic E-state index is 12.5. The van der Waals surface area contributed by atoms with E-state index in [0.29, 0.717) is 16.3 Å². The first kappa shape index (κ1) is 15.5. The SMILES string of the molecule is Cc1cc(O)c(-c2c(-c3ccccc3)[nH]c3cc(Cl)ccc23)c(=O)o1. The molecule has 0 radical (unpaired) electrons. The highest BCUT2D eigenvalue weighted by atomic mass is 35.5. The van der Waals surface area contributed by atoms with Crippen molar-refractivity contribution in [2.75, 3.05) is 0 Å². The Morgan fingerprint density at radius 3 is 2.52 bits per heavy atom. The number of aryl methyl sites for hydroxylation is 1. The lowest BCUT2D eigenvalue weighted by molar-refractivity contribution is 0.438. The summed E-state index contributed by atoms with van der Waals surface area (Å²) < 4.78 is 5.22. The molecule has 0 aliphatic rings. The fourth-order valence-corrected chi connectivity index (χ4v) is 3.25. The molecule has 5 heteroatoms. The van der Waals surface area contributed by atoms with Gasteiger partial charge in [0, 0.05) is 27.6 Å². The highest BCUT2D eigenvalue weighted by Crippen LogP contribution is 2.40. The van der Waals surface area contributed by atoms with Crippen LogP contribution in [0.1, 0.15) is 5.76 Å². The van der Waals surface area contributed by atoms with Crippen LogP contribution in [0, 0.1) is 6.92 Å². The van der Waals surface area contributed by atoms with E-state index in [0.717, 1.165) is 22.2 Å². The Kier molecular flexibility index (Phi) is 3.62. The summed E-state index contributed by atoms with van der Waals surface area (Å²) in [5, 5.41) is 11.8. The molecule has 0 saturated carbocycles. The number of hydrogen-bond acceptors (Lipinski definition) is 3. The summed E-state index contributed by atoms with van der Waals surface area (Å²) in [5.74, 6) is 0.247. The van der Waals surface area contributed by atoms with Crippen molar-refractivity contribution in [2.45, 2.75) is 6.92 Å². The van der Waals surface area contributed by atoms with E-state index < -0.39 is 5.63 Å². The molecule has 25 heavy (non-hydrogen) atoms. The number of rotatable bonds is 2. The van der Waals surface area contributed by atoms with Gasteiger partial charge >= 0.3 is 5.63 Å². The fourth-order valence-electron chi connectivity index (χ4n) is 3.08. The van der Waals surface area contributed by atoms with Crippen molar-refractivity contribution in [3.63, 3.8) is 0 Å². The maximum atomic E-state index is 12.5. The van der Waals surface area contributed by atoms with Crippen LogP contribution < -0.4 is 5.63 Å². The second kappa shape index (κ2) is 5.83. The summed E-state index contributed by atoms with van der Waals surface area (Å²) in [6.07, 6.45) is 0. The van der Waals surface area contributed by atoms with Gasteiger partial charge in [-0.15, -0.1) is 0 Å². The average Bonchev–Trinajstić information content (AvgIpc) is 2.93. The van der Waals surface area contributed by atoms with Gasteiger partial charge in [-0.3, -0.25) is 0 Å². The lowest BCUT2D eigenvalue weighted by Crippen LogP contribution is -2.04. The number of aromatic amines is 1. The van der Waals surface area contributed by atoms with Gasteiger partial charge in [0.15, 0.2) is 0 Å². The zero-order chi connectivity index (χ0) is 17.6. The molecule has 0 amide bonds. The number of benzene rings is 2. The summed E-state index contributed by atoms with van der Waals surface area (Å²) in [7, 11) is 0. The van der Waals surface area contributed by atoms with Gasteiger partial charge in [-0.25, -0.2) is 4.79 Å². The van der Waals surface area contributed by atoms with Crippen molar-refractivity contribution in [2.24, 2.45) is 0 Å². The molecule has 0 fully saturated rings. The molecule has 0 atom stereocenters. The van der Waals surface area contributed by atoms with Gasteiger partial charge in [-0.05, 0) is 24.6 Å². The van der Waals surface area contributed by atoms with Crippen LogP contribution in [0.3, 0.4) is 0 Å². The van der Waals surface area contributed by atoms with Gasteiger partial charge in [-0.1, -0.05) is 48.0 Å². The summed E-state index contributed by atoms with van der Waals surface area (Å²) in [6, 6.07) is 16.4. The van der Waals surface area contributed by atoms with Gasteiger partial charge < -0.3 is 14.5 Å². The Balaban J connectivity index is 2.14. The standard InChI is InChI=1S/C20H14ClNO3/c1-11-9-16(23)18(20(24)25-11)17-14-8-7-13(21)10-15(14)22-19(17)12-5-3-2-4-6-12/h2-10,22-23H,1H3. The predicted octanol–water partition coefficient (Wildman–Crippen LogP) is 5.12. The van der Waals surface area contributed by atoms with Gasteiger partial charge in [-0.2, -0.15) is 0 Å². The molecule has 0 bridgehead atoms. The summed E-state index contributed by atoms with van der Waals surface area (Å²) in [5.41, 5.74) is 2.56.